The molecule has 2 aromatic heterocycles. The third-order valence-electron chi connectivity index (χ3n) is 1.48. The van der Waals surface area contributed by atoms with Gasteiger partial charge in [-0.1, -0.05) is 6.07 Å². The molecule has 0 radical (unpaired) electrons. The summed E-state index contributed by atoms with van der Waals surface area (Å²) in [5.74, 6) is 0. The molecule has 2 heterocycles. The number of hydrogen-bond donors (Lipinski definition) is 1. The lowest BCUT2D eigenvalue weighted by atomic mass is 10.3. The molecular weight excluding hydrogens is 172 g/mol. The predicted octanol–water partition coefficient (Wildman–Crippen LogP) is 1.50. The number of nitrogens with zero attached hydrogens (tertiary/aromatic N) is 1. The number of pyridine rings is 1. The van der Waals surface area contributed by atoms with Gasteiger partial charge in [0.25, 0.3) is 0 Å². The van der Waals surface area contributed by atoms with Crippen molar-refractivity contribution in [3.8, 4) is 11.4 Å². The fourth-order valence-corrected chi connectivity index (χ4v) is 1.47. The van der Waals surface area contributed by atoms with Crippen LogP contribution in [0.2, 0.25) is 0 Å². The predicted molar refractivity (Wildman–Crippen MR) is 48.2 cm³/mol. The van der Waals surface area contributed by atoms with Gasteiger partial charge in [0.05, 0.1) is 5.69 Å². The van der Waals surface area contributed by atoms with Crippen molar-refractivity contribution >= 4 is 11.5 Å². The van der Waals surface area contributed by atoms with Crippen molar-refractivity contribution < 1.29 is 0 Å². The second kappa shape index (κ2) is 2.91. The second-order valence-electron chi connectivity index (χ2n) is 2.31. The molecule has 0 fully saturated rings. The number of rotatable bonds is 1. The Labute approximate surface area is 72.9 Å². The lowest BCUT2D eigenvalue weighted by Crippen LogP contribution is -2.03. The Bertz CT molecular complexity index is 419. The molecule has 0 spiro atoms. The summed E-state index contributed by atoms with van der Waals surface area (Å²) in [6, 6.07) is 6.90. The van der Waals surface area contributed by atoms with E-state index >= 15 is 0 Å². The average molecular weight is 178 g/mol. The van der Waals surface area contributed by atoms with Crippen LogP contribution >= 0.6 is 11.5 Å². The maximum atomic E-state index is 10.9. The maximum absolute atomic E-state index is 10.9. The van der Waals surface area contributed by atoms with Gasteiger partial charge in [-0.3, -0.25) is 4.79 Å². The van der Waals surface area contributed by atoms with E-state index in [4.69, 9.17) is 0 Å². The van der Waals surface area contributed by atoms with Crippen LogP contribution in [-0.4, -0.2) is 9.36 Å². The van der Waals surface area contributed by atoms with E-state index in [1.54, 1.807) is 6.07 Å². The Morgan fingerprint density at radius 2 is 2.25 bits per heavy atom. The first-order valence-electron chi connectivity index (χ1n) is 3.46. The van der Waals surface area contributed by atoms with Crippen LogP contribution in [0.15, 0.2) is 34.4 Å². The van der Waals surface area contributed by atoms with Crippen molar-refractivity contribution in [2.75, 3.05) is 0 Å². The van der Waals surface area contributed by atoms with E-state index in [0.29, 0.717) is 0 Å². The van der Waals surface area contributed by atoms with Crippen LogP contribution < -0.4 is 5.56 Å². The topological polar surface area (TPSA) is 45.8 Å². The first-order chi connectivity index (χ1) is 5.86. The smallest absolute Gasteiger partial charge is 0.248 e. The molecule has 0 atom stereocenters. The van der Waals surface area contributed by atoms with Gasteiger partial charge in [0.1, 0.15) is 5.69 Å². The molecule has 4 heteroatoms. The second-order valence-corrected chi connectivity index (χ2v) is 2.98. The highest BCUT2D eigenvalue weighted by Crippen LogP contribution is 2.13. The Hall–Kier alpha value is -1.42. The zero-order chi connectivity index (χ0) is 8.39. The van der Waals surface area contributed by atoms with Crippen LogP contribution in [-0.2, 0) is 0 Å². The summed E-state index contributed by atoms with van der Waals surface area (Å²) < 4.78 is 4.10. The van der Waals surface area contributed by atoms with Gasteiger partial charge in [0.2, 0.25) is 5.56 Å². The van der Waals surface area contributed by atoms with Crippen molar-refractivity contribution in [3.05, 3.63) is 40.0 Å². The number of nitrogens with one attached hydrogen (secondary N) is 1. The standard InChI is InChI=1S/C8H6N2OS/c11-8-3-1-2-6(9-8)7-4-5-12-10-7/h1-5H,(H,9,11). The monoisotopic (exact) mass is 178 g/mol. The SMILES string of the molecule is O=c1cccc(-c2ccsn2)[nH]1. The number of aromatic amines is 1. The van der Waals surface area contributed by atoms with E-state index < -0.39 is 0 Å². The average Bonchev–Trinajstić information content (AvgIpc) is 2.56. The molecule has 60 valence electrons. The van der Waals surface area contributed by atoms with Gasteiger partial charge in [-0.15, -0.1) is 0 Å². The Kier molecular flexibility index (Phi) is 1.75. The van der Waals surface area contributed by atoms with Gasteiger partial charge >= 0.3 is 0 Å². The highest BCUT2D eigenvalue weighted by atomic mass is 32.1. The van der Waals surface area contributed by atoms with E-state index in [-0.39, 0.29) is 5.56 Å². The molecule has 0 aliphatic heterocycles. The molecule has 0 saturated heterocycles. The molecule has 0 unspecified atom stereocenters. The number of hydrogen-bond acceptors (Lipinski definition) is 3. The molecular formula is C8H6N2OS. The quantitative estimate of drug-likeness (QED) is 0.719. The largest absolute Gasteiger partial charge is 0.321 e. The van der Waals surface area contributed by atoms with Crippen LogP contribution in [0.3, 0.4) is 0 Å². The minimum absolute atomic E-state index is 0.0968. The van der Waals surface area contributed by atoms with Crippen molar-refractivity contribution in [1.29, 1.82) is 0 Å². The molecule has 2 rings (SSSR count). The zero-order valence-corrected chi connectivity index (χ0v) is 6.97. The van der Waals surface area contributed by atoms with Crippen molar-refractivity contribution in [2.45, 2.75) is 0 Å². The van der Waals surface area contributed by atoms with E-state index in [0.717, 1.165) is 11.4 Å². The van der Waals surface area contributed by atoms with E-state index in [1.807, 2.05) is 17.5 Å². The molecule has 0 saturated carbocycles. The lowest BCUT2D eigenvalue weighted by Gasteiger charge is -1.92. The molecule has 0 aliphatic carbocycles. The minimum Gasteiger partial charge on any atom is -0.321 e. The molecule has 1 N–H and O–H groups in total. The fraction of sp³-hybridized carbons (Fsp3) is 0. The van der Waals surface area contributed by atoms with Gasteiger partial charge in [0, 0.05) is 11.4 Å². The van der Waals surface area contributed by atoms with Crippen molar-refractivity contribution in [2.24, 2.45) is 0 Å². The molecule has 12 heavy (non-hydrogen) atoms. The molecule has 0 amide bonds. The third-order valence-corrected chi connectivity index (χ3v) is 2.04. The number of aromatic nitrogens is 2. The van der Waals surface area contributed by atoms with Crippen molar-refractivity contribution in [3.63, 3.8) is 0 Å². The number of H-pyrrole nitrogens is 1. The summed E-state index contributed by atoms with van der Waals surface area (Å²) in [5, 5.41) is 1.88. The van der Waals surface area contributed by atoms with Crippen LogP contribution in [0, 0.1) is 0 Å². The highest BCUT2D eigenvalue weighted by Gasteiger charge is 1.98. The summed E-state index contributed by atoms with van der Waals surface area (Å²) in [7, 11) is 0. The van der Waals surface area contributed by atoms with Gasteiger partial charge < -0.3 is 4.98 Å². The van der Waals surface area contributed by atoms with Crippen LogP contribution in [0.4, 0.5) is 0 Å². The van der Waals surface area contributed by atoms with Crippen LogP contribution in [0.25, 0.3) is 11.4 Å². The minimum atomic E-state index is -0.0968. The van der Waals surface area contributed by atoms with Crippen LogP contribution in [0.5, 0.6) is 0 Å². The molecule has 0 aromatic carbocycles. The summed E-state index contributed by atoms with van der Waals surface area (Å²) in [6.45, 7) is 0. The van der Waals surface area contributed by atoms with Gasteiger partial charge in [-0.05, 0) is 23.7 Å². The Morgan fingerprint density at radius 3 is 2.92 bits per heavy atom. The maximum Gasteiger partial charge on any atom is 0.248 e. The van der Waals surface area contributed by atoms with Crippen molar-refractivity contribution in [1.82, 2.24) is 9.36 Å². The summed E-state index contributed by atoms with van der Waals surface area (Å²) in [5.41, 5.74) is 1.49. The summed E-state index contributed by atoms with van der Waals surface area (Å²) in [6.07, 6.45) is 0. The molecule has 2 aromatic rings. The zero-order valence-electron chi connectivity index (χ0n) is 6.15. The fourth-order valence-electron chi connectivity index (χ4n) is 0.949. The molecule has 0 bridgehead atoms. The van der Waals surface area contributed by atoms with E-state index in [9.17, 15) is 4.79 Å². The van der Waals surface area contributed by atoms with Gasteiger partial charge in [-0.2, -0.15) is 4.37 Å². The van der Waals surface area contributed by atoms with E-state index in [2.05, 4.69) is 9.36 Å². The molecule has 0 aliphatic rings. The first kappa shape index (κ1) is 7.24. The lowest BCUT2D eigenvalue weighted by molar-refractivity contribution is 1.23. The highest BCUT2D eigenvalue weighted by molar-refractivity contribution is 7.03. The third kappa shape index (κ3) is 1.29. The summed E-state index contributed by atoms with van der Waals surface area (Å²) in [4.78, 5) is 13.6. The normalized spacial score (nSPS) is 10.0. The van der Waals surface area contributed by atoms with Crippen LogP contribution in [0.1, 0.15) is 0 Å². The van der Waals surface area contributed by atoms with Gasteiger partial charge in [0.15, 0.2) is 0 Å². The Morgan fingerprint density at radius 1 is 1.33 bits per heavy atom. The first-order valence-corrected chi connectivity index (χ1v) is 4.30. The Balaban J connectivity index is 2.55. The van der Waals surface area contributed by atoms with Gasteiger partial charge in [-0.25, -0.2) is 0 Å². The summed E-state index contributed by atoms with van der Waals surface area (Å²) >= 11 is 1.37. The van der Waals surface area contributed by atoms with E-state index in [1.165, 1.54) is 17.6 Å². The molecule has 3 nitrogen and oxygen atoms in total.